The molecule has 110 valence electrons. The van der Waals surface area contributed by atoms with Crippen LogP contribution in [0.2, 0.25) is 0 Å². The van der Waals surface area contributed by atoms with Crippen molar-refractivity contribution in [1.29, 1.82) is 0 Å². The number of pyridine rings is 1. The highest BCUT2D eigenvalue weighted by Crippen LogP contribution is 2.26. The summed E-state index contributed by atoms with van der Waals surface area (Å²) in [7, 11) is 0. The van der Waals surface area contributed by atoms with Crippen LogP contribution >= 0.6 is 0 Å². The largest absolute Gasteiger partial charge is 0.371 e. The van der Waals surface area contributed by atoms with Crippen molar-refractivity contribution < 1.29 is 0 Å². The van der Waals surface area contributed by atoms with Gasteiger partial charge in [-0.1, -0.05) is 6.07 Å². The highest BCUT2D eigenvalue weighted by Gasteiger charge is 2.13. The minimum Gasteiger partial charge on any atom is -0.371 e. The fraction of sp³-hybridized carbons (Fsp3) is 0.222. The van der Waals surface area contributed by atoms with Crippen molar-refractivity contribution >= 4 is 28.7 Å². The van der Waals surface area contributed by atoms with E-state index in [4.69, 9.17) is 0 Å². The fourth-order valence-corrected chi connectivity index (χ4v) is 2.97. The molecule has 1 aliphatic heterocycles. The summed E-state index contributed by atoms with van der Waals surface area (Å²) >= 11 is 0. The third-order valence-corrected chi connectivity index (χ3v) is 4.15. The van der Waals surface area contributed by atoms with E-state index in [0.29, 0.717) is 0 Å². The van der Waals surface area contributed by atoms with Gasteiger partial charge in [-0.2, -0.15) is 5.10 Å². The topological polar surface area (TPSA) is 44.8 Å². The number of hydrogen-bond donors (Lipinski definition) is 1. The summed E-state index contributed by atoms with van der Waals surface area (Å²) in [5.41, 5.74) is 4.26. The van der Waals surface area contributed by atoms with Crippen LogP contribution < -0.4 is 4.90 Å². The molecule has 0 bridgehead atoms. The van der Waals surface area contributed by atoms with Crippen LogP contribution in [0.5, 0.6) is 0 Å². The number of fused-ring (bicyclic) bond motifs is 1. The Labute approximate surface area is 129 Å². The Balaban J connectivity index is 1.64. The maximum atomic E-state index is 4.42. The molecule has 1 aliphatic rings. The first-order valence-electron chi connectivity index (χ1n) is 7.72. The molecule has 4 rings (SSSR count). The van der Waals surface area contributed by atoms with Gasteiger partial charge in [0.2, 0.25) is 0 Å². The first kappa shape index (κ1) is 13.1. The summed E-state index contributed by atoms with van der Waals surface area (Å²) in [6.07, 6.45) is 8.38. The summed E-state index contributed by atoms with van der Waals surface area (Å²) in [6, 6.07) is 12.4. The smallest absolute Gasteiger partial charge is 0.0928 e. The molecule has 0 aliphatic carbocycles. The lowest BCUT2D eigenvalue weighted by molar-refractivity contribution is 0.949. The van der Waals surface area contributed by atoms with Crippen molar-refractivity contribution in [3.63, 3.8) is 0 Å². The van der Waals surface area contributed by atoms with Crippen molar-refractivity contribution in [2.24, 2.45) is 0 Å². The van der Waals surface area contributed by atoms with Crippen LogP contribution in [0.3, 0.4) is 0 Å². The molecule has 3 aromatic rings. The lowest BCUT2D eigenvalue weighted by Gasteiger charge is -2.17. The van der Waals surface area contributed by atoms with Crippen LogP contribution in [-0.2, 0) is 0 Å². The van der Waals surface area contributed by atoms with E-state index in [9.17, 15) is 0 Å². The predicted octanol–water partition coefficient (Wildman–Crippen LogP) is 3.73. The zero-order valence-corrected chi connectivity index (χ0v) is 12.4. The molecule has 0 atom stereocenters. The molecule has 22 heavy (non-hydrogen) atoms. The molecule has 1 saturated heterocycles. The molecular formula is C18H18N4. The van der Waals surface area contributed by atoms with Crippen molar-refractivity contribution in [2.45, 2.75) is 12.8 Å². The first-order valence-corrected chi connectivity index (χ1v) is 7.72. The summed E-state index contributed by atoms with van der Waals surface area (Å²) in [4.78, 5) is 6.73. The van der Waals surface area contributed by atoms with Gasteiger partial charge < -0.3 is 4.90 Å². The minimum atomic E-state index is 0.937. The van der Waals surface area contributed by atoms with Gasteiger partial charge in [0.15, 0.2) is 0 Å². The van der Waals surface area contributed by atoms with E-state index in [1.807, 2.05) is 30.4 Å². The number of benzene rings is 1. The Morgan fingerprint density at radius 1 is 1.05 bits per heavy atom. The fourth-order valence-electron chi connectivity index (χ4n) is 2.97. The van der Waals surface area contributed by atoms with E-state index in [2.05, 4.69) is 38.3 Å². The SMILES string of the molecule is C(=Cc1n[nH]c2cc(N3CCCC3)ccc12)c1ccccn1. The Kier molecular flexibility index (Phi) is 3.35. The van der Waals surface area contributed by atoms with Crippen molar-refractivity contribution in [2.75, 3.05) is 18.0 Å². The van der Waals surface area contributed by atoms with E-state index < -0.39 is 0 Å². The lowest BCUT2D eigenvalue weighted by atomic mass is 10.1. The number of nitrogens with one attached hydrogen (secondary N) is 1. The second-order valence-corrected chi connectivity index (χ2v) is 5.62. The first-order chi connectivity index (χ1) is 10.9. The third-order valence-electron chi connectivity index (χ3n) is 4.15. The zero-order valence-electron chi connectivity index (χ0n) is 12.4. The van der Waals surface area contributed by atoms with Gasteiger partial charge in [0.05, 0.1) is 16.9 Å². The molecular weight excluding hydrogens is 272 g/mol. The van der Waals surface area contributed by atoms with Gasteiger partial charge in [-0.05, 0) is 55.3 Å². The Bertz CT molecular complexity index is 798. The van der Waals surface area contributed by atoms with E-state index >= 15 is 0 Å². The maximum absolute atomic E-state index is 4.42. The van der Waals surface area contributed by atoms with E-state index in [-0.39, 0.29) is 0 Å². The van der Waals surface area contributed by atoms with Crippen molar-refractivity contribution in [3.05, 3.63) is 54.0 Å². The standard InChI is InChI=1S/C18H18N4/c1-2-10-19-14(5-1)6-9-17-16-8-7-15(13-18(16)21-20-17)22-11-3-4-12-22/h1-2,5-10,13H,3-4,11-12H2,(H,20,21). The molecule has 2 aromatic heterocycles. The van der Waals surface area contributed by atoms with Gasteiger partial charge in [0.25, 0.3) is 0 Å². The summed E-state index contributed by atoms with van der Waals surface area (Å²) < 4.78 is 0. The summed E-state index contributed by atoms with van der Waals surface area (Å²) in [5, 5.41) is 8.71. The molecule has 1 fully saturated rings. The van der Waals surface area contributed by atoms with Crippen LogP contribution in [0, 0.1) is 0 Å². The number of aromatic amines is 1. The number of nitrogens with zero attached hydrogens (tertiary/aromatic N) is 3. The molecule has 1 aromatic carbocycles. The van der Waals surface area contributed by atoms with Crippen molar-refractivity contribution in [3.8, 4) is 0 Å². The highest BCUT2D eigenvalue weighted by atomic mass is 15.1. The number of H-pyrrole nitrogens is 1. The highest BCUT2D eigenvalue weighted by molar-refractivity contribution is 5.91. The average Bonchev–Trinajstić information content (AvgIpc) is 3.23. The maximum Gasteiger partial charge on any atom is 0.0928 e. The number of hydrogen-bond acceptors (Lipinski definition) is 3. The molecule has 1 N–H and O–H groups in total. The molecule has 3 heterocycles. The number of aromatic nitrogens is 3. The second kappa shape index (κ2) is 5.64. The van der Waals surface area contributed by atoms with Gasteiger partial charge in [-0.25, -0.2) is 0 Å². The summed E-state index contributed by atoms with van der Waals surface area (Å²) in [6.45, 7) is 2.32. The molecule has 0 saturated carbocycles. The quantitative estimate of drug-likeness (QED) is 0.799. The van der Waals surface area contributed by atoms with Crippen LogP contribution in [0.25, 0.3) is 23.1 Å². The van der Waals surface area contributed by atoms with Crippen LogP contribution in [0.4, 0.5) is 5.69 Å². The number of rotatable bonds is 3. The molecule has 0 amide bonds. The van der Waals surface area contributed by atoms with Crippen LogP contribution in [0.15, 0.2) is 42.6 Å². The van der Waals surface area contributed by atoms with Gasteiger partial charge in [0.1, 0.15) is 0 Å². The molecule has 4 heteroatoms. The van der Waals surface area contributed by atoms with Crippen molar-refractivity contribution in [1.82, 2.24) is 15.2 Å². The molecule has 4 nitrogen and oxygen atoms in total. The Morgan fingerprint density at radius 2 is 1.95 bits per heavy atom. The van der Waals surface area contributed by atoms with Crippen LogP contribution in [-0.4, -0.2) is 28.3 Å². The van der Waals surface area contributed by atoms with Crippen LogP contribution in [0.1, 0.15) is 24.2 Å². The average molecular weight is 290 g/mol. The van der Waals surface area contributed by atoms with Gasteiger partial charge in [-0.3, -0.25) is 10.1 Å². The lowest BCUT2D eigenvalue weighted by Crippen LogP contribution is -2.17. The normalized spacial score (nSPS) is 15.2. The van der Waals surface area contributed by atoms with Gasteiger partial charge in [-0.15, -0.1) is 0 Å². The van der Waals surface area contributed by atoms with E-state index in [1.165, 1.54) is 18.5 Å². The third kappa shape index (κ3) is 2.48. The molecule has 0 unspecified atom stereocenters. The molecule has 0 spiro atoms. The van der Waals surface area contributed by atoms with E-state index in [0.717, 1.165) is 35.4 Å². The molecule has 0 radical (unpaired) electrons. The van der Waals surface area contributed by atoms with Gasteiger partial charge >= 0.3 is 0 Å². The second-order valence-electron chi connectivity index (χ2n) is 5.62. The summed E-state index contributed by atoms with van der Waals surface area (Å²) in [5.74, 6) is 0. The van der Waals surface area contributed by atoms with E-state index in [1.54, 1.807) is 6.20 Å². The minimum absolute atomic E-state index is 0.937. The van der Waals surface area contributed by atoms with Gasteiger partial charge in [0, 0.05) is 30.4 Å². The monoisotopic (exact) mass is 290 g/mol. The Morgan fingerprint density at radius 3 is 2.77 bits per heavy atom. The predicted molar refractivity (Wildman–Crippen MR) is 90.7 cm³/mol. The zero-order chi connectivity index (χ0) is 14.8. The number of anilines is 1. The Hall–Kier alpha value is -2.62.